The highest BCUT2D eigenvalue weighted by molar-refractivity contribution is 6.33. The maximum Gasteiger partial charge on any atom is 0.342 e. The number of rotatable bonds is 7. The summed E-state index contributed by atoms with van der Waals surface area (Å²) in [5.74, 6) is -1.88. The SMILES string of the molecule is O=C1OCC/C=C/CC/C=C/C(=N\OCC(=O)N(Cc2ccccc2)Cc2ccccc2)Cc2c(Cl)c(O)cc(O)c21. The van der Waals surface area contributed by atoms with Crippen molar-refractivity contribution in [1.29, 1.82) is 0 Å². The lowest BCUT2D eigenvalue weighted by molar-refractivity contribution is -0.137. The van der Waals surface area contributed by atoms with Gasteiger partial charge in [0.1, 0.15) is 17.1 Å². The van der Waals surface area contributed by atoms with Gasteiger partial charge >= 0.3 is 5.97 Å². The van der Waals surface area contributed by atoms with Gasteiger partial charge in [-0.2, -0.15) is 0 Å². The van der Waals surface area contributed by atoms with E-state index < -0.39 is 11.7 Å². The highest BCUT2D eigenvalue weighted by Gasteiger charge is 2.24. The predicted octanol–water partition coefficient (Wildman–Crippen LogP) is 6.35. The van der Waals surface area contributed by atoms with E-state index in [1.165, 1.54) is 0 Å². The number of allylic oxidation sites excluding steroid dienone is 3. The maximum atomic E-state index is 13.3. The Morgan fingerprint density at radius 1 is 0.905 bits per heavy atom. The number of carbonyl (C=O) groups excluding carboxylic acids is 2. The Labute approximate surface area is 250 Å². The summed E-state index contributed by atoms with van der Waals surface area (Å²) in [5, 5.41) is 24.9. The Morgan fingerprint density at radius 2 is 1.52 bits per heavy atom. The molecule has 0 saturated carbocycles. The molecule has 3 aromatic rings. The van der Waals surface area contributed by atoms with Crippen LogP contribution in [-0.4, -0.2) is 45.9 Å². The van der Waals surface area contributed by atoms with Crippen LogP contribution in [0.25, 0.3) is 0 Å². The normalized spacial score (nSPS) is 16.5. The molecule has 1 amide bonds. The Kier molecular flexibility index (Phi) is 11.2. The number of benzene rings is 3. The number of ether oxygens (including phenoxy) is 1. The second-order valence-corrected chi connectivity index (χ2v) is 10.1. The van der Waals surface area contributed by atoms with Crippen molar-refractivity contribution < 1.29 is 29.4 Å². The second-order valence-electron chi connectivity index (χ2n) is 9.71. The zero-order valence-corrected chi connectivity index (χ0v) is 23.9. The van der Waals surface area contributed by atoms with Crippen LogP contribution in [-0.2, 0) is 33.9 Å². The molecule has 42 heavy (non-hydrogen) atoms. The number of nitrogens with zero attached hydrogens (tertiary/aromatic N) is 2. The smallest absolute Gasteiger partial charge is 0.342 e. The number of halogens is 1. The van der Waals surface area contributed by atoms with Gasteiger partial charge in [-0.1, -0.05) is 95.6 Å². The van der Waals surface area contributed by atoms with Crippen molar-refractivity contribution in [2.75, 3.05) is 13.2 Å². The summed E-state index contributed by atoms with van der Waals surface area (Å²) in [7, 11) is 0. The van der Waals surface area contributed by atoms with Crippen LogP contribution in [0.4, 0.5) is 0 Å². The van der Waals surface area contributed by atoms with E-state index in [4.69, 9.17) is 21.2 Å². The molecule has 0 aromatic heterocycles. The Balaban J connectivity index is 1.57. The fourth-order valence-electron chi connectivity index (χ4n) is 4.42. The maximum absolute atomic E-state index is 13.3. The van der Waals surface area contributed by atoms with Gasteiger partial charge in [0.2, 0.25) is 0 Å². The molecular weight excluding hydrogens is 556 g/mol. The lowest BCUT2D eigenvalue weighted by atomic mass is 9.99. The fraction of sp³-hybridized carbons (Fsp3) is 0.242. The number of phenols is 2. The summed E-state index contributed by atoms with van der Waals surface area (Å²) in [5.41, 5.74) is 2.28. The lowest BCUT2D eigenvalue weighted by Gasteiger charge is -2.22. The first kappa shape index (κ1) is 30.4. The number of oxime groups is 1. The van der Waals surface area contributed by atoms with Gasteiger partial charge in [0, 0.05) is 25.6 Å². The molecule has 0 radical (unpaired) electrons. The topological polar surface area (TPSA) is 109 Å². The van der Waals surface area contributed by atoms with Crippen molar-refractivity contribution in [3.63, 3.8) is 0 Å². The van der Waals surface area contributed by atoms with Crippen molar-refractivity contribution >= 4 is 29.2 Å². The summed E-state index contributed by atoms with van der Waals surface area (Å²) >= 11 is 6.38. The number of carbonyl (C=O) groups is 2. The first-order chi connectivity index (χ1) is 20.4. The molecule has 0 spiro atoms. The summed E-state index contributed by atoms with van der Waals surface area (Å²) in [4.78, 5) is 33.4. The number of hydrogen-bond donors (Lipinski definition) is 2. The van der Waals surface area contributed by atoms with Crippen LogP contribution < -0.4 is 0 Å². The minimum Gasteiger partial charge on any atom is -0.507 e. The molecule has 0 aliphatic carbocycles. The molecule has 0 bridgehead atoms. The van der Waals surface area contributed by atoms with Crippen LogP contribution in [0, 0.1) is 0 Å². The molecule has 0 saturated heterocycles. The standard InChI is InChI=1S/C33H33ClN2O6/c34-32-27-19-26(17-11-3-1-2-4-12-18-41-33(40)31(27)28(37)20-29(32)38)35-42-23-30(39)36(21-24-13-7-5-8-14-24)22-25-15-9-6-10-16-25/h2,4-11,13-17,20,37-38H,1,3,12,18-19,21-23H2/b4-2+,17-11+,35-26+. The predicted molar refractivity (Wildman–Crippen MR) is 161 cm³/mol. The third kappa shape index (κ3) is 8.72. The molecule has 3 aromatic carbocycles. The highest BCUT2D eigenvalue weighted by Crippen LogP contribution is 2.37. The molecule has 8 nitrogen and oxygen atoms in total. The largest absolute Gasteiger partial charge is 0.507 e. The number of phenolic OH excluding ortho intramolecular Hbond substituents is 2. The van der Waals surface area contributed by atoms with E-state index in [0.29, 0.717) is 31.6 Å². The van der Waals surface area contributed by atoms with E-state index in [1.54, 1.807) is 11.0 Å². The van der Waals surface area contributed by atoms with E-state index in [9.17, 15) is 19.8 Å². The third-order valence-electron chi connectivity index (χ3n) is 6.53. The molecule has 0 fully saturated rings. The van der Waals surface area contributed by atoms with Crippen LogP contribution in [0.2, 0.25) is 5.02 Å². The lowest BCUT2D eigenvalue weighted by Crippen LogP contribution is -2.32. The van der Waals surface area contributed by atoms with Gasteiger partial charge in [-0.15, -0.1) is 0 Å². The van der Waals surface area contributed by atoms with Crippen molar-refractivity contribution in [2.45, 2.75) is 38.8 Å². The first-order valence-corrected chi connectivity index (χ1v) is 14.1. The van der Waals surface area contributed by atoms with Crippen molar-refractivity contribution in [3.05, 3.63) is 118 Å². The zero-order chi connectivity index (χ0) is 29.7. The van der Waals surface area contributed by atoms with Gasteiger partial charge in [-0.3, -0.25) is 4.79 Å². The number of cyclic esters (lactones) is 1. The van der Waals surface area contributed by atoms with E-state index >= 15 is 0 Å². The third-order valence-corrected chi connectivity index (χ3v) is 6.95. The Bertz CT molecular complexity index is 1410. The van der Waals surface area contributed by atoms with E-state index in [-0.39, 0.29) is 47.4 Å². The van der Waals surface area contributed by atoms with E-state index in [2.05, 4.69) is 5.16 Å². The second kappa shape index (κ2) is 15.4. The quantitative estimate of drug-likeness (QED) is 0.189. The zero-order valence-electron chi connectivity index (χ0n) is 23.1. The average molecular weight is 589 g/mol. The van der Waals surface area contributed by atoms with Crippen LogP contribution in [0.5, 0.6) is 11.5 Å². The molecular formula is C33H33ClN2O6. The molecule has 218 valence electrons. The van der Waals surface area contributed by atoms with E-state index in [0.717, 1.165) is 23.6 Å². The van der Waals surface area contributed by atoms with Crippen LogP contribution >= 0.6 is 11.6 Å². The van der Waals surface area contributed by atoms with Crippen LogP contribution in [0.1, 0.15) is 46.3 Å². The number of hydrogen-bond acceptors (Lipinski definition) is 7. The Morgan fingerprint density at radius 3 is 2.19 bits per heavy atom. The first-order valence-electron chi connectivity index (χ1n) is 13.7. The monoisotopic (exact) mass is 588 g/mol. The molecule has 4 rings (SSSR count). The molecule has 1 aliphatic rings. The molecule has 0 unspecified atom stereocenters. The van der Waals surface area contributed by atoms with Crippen molar-refractivity contribution in [2.24, 2.45) is 5.16 Å². The molecule has 9 heteroatoms. The molecule has 1 aliphatic heterocycles. The highest BCUT2D eigenvalue weighted by atomic mass is 35.5. The Hall–Kier alpha value is -4.56. The fourth-order valence-corrected chi connectivity index (χ4v) is 4.64. The van der Waals surface area contributed by atoms with Crippen LogP contribution in [0.3, 0.4) is 0 Å². The van der Waals surface area contributed by atoms with Gasteiger partial charge in [0.05, 0.1) is 17.3 Å². The minimum absolute atomic E-state index is 0.0660. The number of esters is 1. The summed E-state index contributed by atoms with van der Waals surface area (Å²) in [6.45, 7) is 0.585. The molecule has 1 heterocycles. The summed E-state index contributed by atoms with van der Waals surface area (Å²) < 4.78 is 5.33. The summed E-state index contributed by atoms with van der Waals surface area (Å²) in [6.07, 6.45) is 9.45. The van der Waals surface area contributed by atoms with Crippen molar-refractivity contribution in [3.8, 4) is 11.5 Å². The number of fused-ring (bicyclic) bond motifs is 1. The van der Waals surface area contributed by atoms with E-state index in [1.807, 2.05) is 78.9 Å². The van der Waals surface area contributed by atoms with Crippen molar-refractivity contribution in [1.82, 2.24) is 4.90 Å². The number of amides is 1. The molecule has 2 N–H and O–H groups in total. The van der Waals surface area contributed by atoms with Gasteiger partial charge in [-0.05, 0) is 42.0 Å². The van der Waals surface area contributed by atoms with Gasteiger partial charge < -0.3 is 24.7 Å². The van der Waals surface area contributed by atoms with Gasteiger partial charge in [0.25, 0.3) is 5.91 Å². The minimum atomic E-state index is -0.772. The number of aromatic hydroxyl groups is 2. The van der Waals surface area contributed by atoms with Gasteiger partial charge in [0.15, 0.2) is 6.61 Å². The van der Waals surface area contributed by atoms with Crippen LogP contribution in [0.15, 0.2) is 96.2 Å². The van der Waals surface area contributed by atoms with Gasteiger partial charge in [-0.25, -0.2) is 4.79 Å². The molecule has 0 atom stereocenters. The summed E-state index contributed by atoms with van der Waals surface area (Å²) in [6, 6.07) is 20.4. The average Bonchev–Trinajstić information content (AvgIpc) is 2.99.